The van der Waals surface area contributed by atoms with Crippen molar-refractivity contribution in [2.24, 2.45) is 17.3 Å². The van der Waals surface area contributed by atoms with Crippen LogP contribution in [-0.4, -0.2) is 27.9 Å². The molecule has 0 saturated heterocycles. The number of nitrogens with zero attached hydrogens (tertiary/aromatic N) is 3. The van der Waals surface area contributed by atoms with Crippen LogP contribution in [0.5, 0.6) is 0 Å². The first-order valence-corrected chi connectivity index (χ1v) is 7.72. The van der Waals surface area contributed by atoms with E-state index in [1.54, 1.807) is 6.33 Å². The Morgan fingerprint density at radius 3 is 2.79 bits per heavy atom. The molecule has 2 aliphatic rings. The van der Waals surface area contributed by atoms with Gasteiger partial charge in [-0.2, -0.15) is 5.10 Å². The standard InChI is InChI=1S/C15H26N4/c1-4-16-9-15(6-12-5-13(12)7-15)8-14-17-10-18-19(14)11(2)3/h10-13,16H,4-9H2,1-3H3. The number of nitrogens with one attached hydrogen (secondary N) is 1. The van der Waals surface area contributed by atoms with Crippen molar-refractivity contribution < 1.29 is 0 Å². The van der Waals surface area contributed by atoms with Crippen molar-refractivity contribution in [2.75, 3.05) is 13.1 Å². The molecular weight excluding hydrogens is 236 g/mol. The molecule has 3 rings (SSSR count). The number of fused-ring (bicyclic) bond motifs is 1. The molecule has 2 unspecified atom stereocenters. The molecule has 106 valence electrons. The molecule has 4 nitrogen and oxygen atoms in total. The van der Waals surface area contributed by atoms with Crippen LogP contribution in [0.3, 0.4) is 0 Å². The second-order valence-electron chi connectivity index (χ2n) is 6.84. The van der Waals surface area contributed by atoms with Gasteiger partial charge in [0.05, 0.1) is 0 Å². The van der Waals surface area contributed by atoms with Gasteiger partial charge in [0.25, 0.3) is 0 Å². The third-order valence-corrected chi connectivity index (χ3v) is 4.88. The van der Waals surface area contributed by atoms with Crippen LogP contribution in [0, 0.1) is 17.3 Å². The summed E-state index contributed by atoms with van der Waals surface area (Å²) in [5.41, 5.74) is 0.434. The number of hydrogen-bond donors (Lipinski definition) is 1. The number of hydrogen-bond acceptors (Lipinski definition) is 3. The predicted octanol–water partition coefficient (Wildman–Crippen LogP) is 2.43. The summed E-state index contributed by atoms with van der Waals surface area (Å²) in [6.45, 7) is 8.76. The second-order valence-corrected chi connectivity index (χ2v) is 6.84. The average molecular weight is 262 g/mol. The van der Waals surface area contributed by atoms with E-state index < -0.39 is 0 Å². The Hall–Kier alpha value is -0.900. The number of aromatic nitrogens is 3. The lowest BCUT2D eigenvalue weighted by Crippen LogP contribution is -2.36. The average Bonchev–Trinajstić information content (AvgIpc) is 2.80. The molecular formula is C15H26N4. The van der Waals surface area contributed by atoms with Crippen molar-refractivity contribution in [3.8, 4) is 0 Å². The molecule has 1 aromatic heterocycles. The zero-order chi connectivity index (χ0) is 13.5. The highest BCUT2D eigenvalue weighted by Crippen LogP contribution is 2.60. The van der Waals surface area contributed by atoms with Crippen LogP contribution in [0.4, 0.5) is 0 Å². The monoisotopic (exact) mass is 262 g/mol. The minimum atomic E-state index is 0.407. The third-order valence-electron chi connectivity index (χ3n) is 4.88. The highest BCUT2D eigenvalue weighted by molar-refractivity contribution is 5.08. The van der Waals surface area contributed by atoms with Gasteiger partial charge in [0, 0.05) is 19.0 Å². The van der Waals surface area contributed by atoms with Crippen molar-refractivity contribution in [1.82, 2.24) is 20.1 Å². The van der Waals surface area contributed by atoms with Crippen molar-refractivity contribution >= 4 is 0 Å². The van der Waals surface area contributed by atoms with Gasteiger partial charge >= 0.3 is 0 Å². The van der Waals surface area contributed by atoms with Gasteiger partial charge in [-0.15, -0.1) is 0 Å². The maximum Gasteiger partial charge on any atom is 0.138 e. The maximum absolute atomic E-state index is 4.52. The van der Waals surface area contributed by atoms with Crippen molar-refractivity contribution in [3.05, 3.63) is 12.2 Å². The van der Waals surface area contributed by atoms with Crippen LogP contribution in [0.1, 0.15) is 51.9 Å². The molecule has 1 heterocycles. The lowest BCUT2D eigenvalue weighted by Gasteiger charge is -2.31. The molecule has 1 aromatic rings. The van der Waals surface area contributed by atoms with E-state index >= 15 is 0 Å². The van der Waals surface area contributed by atoms with E-state index in [9.17, 15) is 0 Å². The van der Waals surface area contributed by atoms with Crippen LogP contribution < -0.4 is 5.32 Å². The lowest BCUT2D eigenvalue weighted by molar-refractivity contribution is 0.240. The summed E-state index contributed by atoms with van der Waals surface area (Å²) in [5, 5.41) is 7.96. The molecule has 0 spiro atoms. The molecule has 0 aliphatic heterocycles. The summed E-state index contributed by atoms with van der Waals surface area (Å²) < 4.78 is 2.09. The summed E-state index contributed by atoms with van der Waals surface area (Å²) in [7, 11) is 0. The van der Waals surface area contributed by atoms with Crippen molar-refractivity contribution in [1.29, 1.82) is 0 Å². The van der Waals surface area contributed by atoms with E-state index in [1.807, 2.05) is 0 Å². The third kappa shape index (κ3) is 2.55. The van der Waals surface area contributed by atoms with Gasteiger partial charge in [-0.25, -0.2) is 9.67 Å². The van der Waals surface area contributed by atoms with E-state index in [1.165, 1.54) is 25.1 Å². The molecule has 2 aliphatic carbocycles. The highest BCUT2D eigenvalue weighted by atomic mass is 15.3. The summed E-state index contributed by atoms with van der Waals surface area (Å²) in [6, 6.07) is 0.407. The SMILES string of the molecule is CCNCC1(Cc2ncnn2C(C)C)CC2CC2C1. The van der Waals surface area contributed by atoms with Gasteiger partial charge < -0.3 is 5.32 Å². The van der Waals surface area contributed by atoms with Gasteiger partial charge in [0.2, 0.25) is 0 Å². The topological polar surface area (TPSA) is 42.7 Å². The Bertz CT molecular complexity index is 427. The minimum Gasteiger partial charge on any atom is -0.316 e. The fourth-order valence-electron chi connectivity index (χ4n) is 3.91. The van der Waals surface area contributed by atoms with Crippen molar-refractivity contribution in [2.45, 2.75) is 52.5 Å². The first kappa shape index (κ1) is 13.1. The zero-order valence-corrected chi connectivity index (χ0v) is 12.4. The fraction of sp³-hybridized carbons (Fsp3) is 0.867. The molecule has 0 bridgehead atoms. The van der Waals surface area contributed by atoms with Gasteiger partial charge in [0.15, 0.2) is 0 Å². The van der Waals surface area contributed by atoms with E-state index in [-0.39, 0.29) is 0 Å². The predicted molar refractivity (Wildman–Crippen MR) is 75.9 cm³/mol. The maximum atomic E-state index is 4.52. The summed E-state index contributed by atoms with van der Waals surface area (Å²) in [6.07, 6.45) is 7.05. The quantitative estimate of drug-likeness (QED) is 0.856. The van der Waals surface area contributed by atoms with Crippen LogP contribution in [0.2, 0.25) is 0 Å². The highest BCUT2D eigenvalue weighted by Gasteiger charge is 2.53. The Kier molecular flexibility index (Phi) is 3.37. The van der Waals surface area contributed by atoms with E-state index in [4.69, 9.17) is 0 Å². The molecule has 0 amide bonds. The summed E-state index contributed by atoms with van der Waals surface area (Å²) in [5.74, 6) is 3.19. The fourth-order valence-corrected chi connectivity index (χ4v) is 3.91. The first-order valence-electron chi connectivity index (χ1n) is 7.72. The Balaban J connectivity index is 1.75. The molecule has 1 N–H and O–H groups in total. The smallest absolute Gasteiger partial charge is 0.138 e. The van der Waals surface area contributed by atoms with Gasteiger partial charge in [-0.1, -0.05) is 6.92 Å². The molecule has 19 heavy (non-hydrogen) atoms. The van der Waals surface area contributed by atoms with E-state index in [2.05, 4.69) is 40.9 Å². The zero-order valence-electron chi connectivity index (χ0n) is 12.4. The van der Waals surface area contributed by atoms with Gasteiger partial charge in [-0.05, 0) is 56.9 Å². The van der Waals surface area contributed by atoms with Gasteiger partial charge in [-0.3, -0.25) is 0 Å². The molecule has 2 atom stereocenters. The van der Waals surface area contributed by atoms with Crippen LogP contribution in [0.25, 0.3) is 0 Å². The van der Waals surface area contributed by atoms with Crippen LogP contribution in [-0.2, 0) is 6.42 Å². The molecule has 4 heteroatoms. The molecule has 2 saturated carbocycles. The lowest BCUT2D eigenvalue weighted by atomic mass is 9.79. The van der Waals surface area contributed by atoms with E-state index in [0.717, 1.165) is 31.3 Å². The van der Waals surface area contributed by atoms with Crippen LogP contribution in [0.15, 0.2) is 6.33 Å². The second kappa shape index (κ2) is 4.89. The normalized spacial score (nSPS) is 32.8. The van der Waals surface area contributed by atoms with Crippen molar-refractivity contribution in [3.63, 3.8) is 0 Å². The summed E-state index contributed by atoms with van der Waals surface area (Å²) in [4.78, 5) is 4.52. The molecule has 0 aromatic carbocycles. The van der Waals surface area contributed by atoms with Gasteiger partial charge in [0.1, 0.15) is 12.2 Å². The number of rotatable bonds is 6. The Morgan fingerprint density at radius 2 is 2.16 bits per heavy atom. The Labute approximate surface area is 116 Å². The summed E-state index contributed by atoms with van der Waals surface area (Å²) >= 11 is 0. The molecule has 2 fully saturated rings. The van der Waals surface area contributed by atoms with Crippen LogP contribution >= 0.6 is 0 Å². The first-order chi connectivity index (χ1) is 9.13. The molecule has 0 radical (unpaired) electrons. The Morgan fingerprint density at radius 1 is 1.42 bits per heavy atom. The largest absolute Gasteiger partial charge is 0.316 e. The minimum absolute atomic E-state index is 0.407. The van der Waals surface area contributed by atoms with E-state index in [0.29, 0.717) is 11.5 Å².